The number of carbonyl (C=O) groups is 2. The van der Waals surface area contributed by atoms with Crippen molar-refractivity contribution in [1.82, 2.24) is 10.2 Å². The predicted octanol–water partition coefficient (Wildman–Crippen LogP) is 2.50. The molecule has 4 rings (SSSR count). The van der Waals surface area contributed by atoms with Crippen molar-refractivity contribution < 1.29 is 14.7 Å². The molecule has 1 saturated heterocycles. The molecule has 5 nitrogen and oxygen atoms in total. The molecule has 1 fully saturated rings. The number of rotatable bonds is 3. The zero-order valence-corrected chi connectivity index (χ0v) is 13.8. The zero-order chi connectivity index (χ0) is 17.4. The summed E-state index contributed by atoms with van der Waals surface area (Å²) >= 11 is 0. The Kier molecular flexibility index (Phi) is 3.81. The van der Waals surface area contributed by atoms with E-state index in [9.17, 15) is 14.7 Å². The number of hydrogen-bond acceptors (Lipinski definition) is 3. The normalized spacial score (nSPS) is 23.5. The maximum atomic E-state index is 13.2. The molecule has 128 valence electrons. The van der Waals surface area contributed by atoms with Crippen molar-refractivity contribution in [1.29, 1.82) is 0 Å². The standard InChI is InChI=1S/C20H20N2O3/c23-17(15-8-2-1-3-9-15)13-22-18(24)20(21-19(22)25)12-6-10-14-7-4-5-11-16(14)20/h1-5,7-9,11,17,23H,6,10,12-13H2,(H,21,25)/t17-,20+/m1/s1. The van der Waals surface area contributed by atoms with Gasteiger partial charge in [0.15, 0.2) is 0 Å². The fraction of sp³-hybridized carbons (Fsp3) is 0.300. The van der Waals surface area contributed by atoms with Gasteiger partial charge in [-0.1, -0.05) is 54.6 Å². The van der Waals surface area contributed by atoms with Gasteiger partial charge in [-0.3, -0.25) is 9.69 Å². The van der Waals surface area contributed by atoms with Gasteiger partial charge in [0.2, 0.25) is 0 Å². The van der Waals surface area contributed by atoms with Gasteiger partial charge >= 0.3 is 6.03 Å². The summed E-state index contributed by atoms with van der Waals surface area (Å²) in [5.74, 6) is -0.264. The van der Waals surface area contributed by atoms with Crippen LogP contribution in [-0.4, -0.2) is 28.5 Å². The Morgan fingerprint density at radius 1 is 1.08 bits per heavy atom. The van der Waals surface area contributed by atoms with E-state index < -0.39 is 17.7 Å². The molecular formula is C20H20N2O3. The lowest BCUT2D eigenvalue weighted by atomic mass is 9.76. The van der Waals surface area contributed by atoms with E-state index in [-0.39, 0.29) is 12.5 Å². The number of aryl methyl sites for hydroxylation is 1. The first-order chi connectivity index (χ1) is 12.1. The highest BCUT2D eigenvalue weighted by molar-refractivity contribution is 6.07. The minimum absolute atomic E-state index is 0.0431. The van der Waals surface area contributed by atoms with E-state index in [4.69, 9.17) is 0 Å². The summed E-state index contributed by atoms with van der Waals surface area (Å²) in [6.45, 7) is -0.0431. The second-order valence-electron chi connectivity index (χ2n) is 6.69. The second kappa shape index (κ2) is 6.01. The lowest BCUT2D eigenvalue weighted by molar-refractivity contribution is -0.133. The fourth-order valence-electron chi connectivity index (χ4n) is 3.93. The van der Waals surface area contributed by atoms with Crippen LogP contribution in [0.25, 0.3) is 0 Å². The van der Waals surface area contributed by atoms with Crippen LogP contribution in [-0.2, 0) is 16.8 Å². The van der Waals surface area contributed by atoms with E-state index in [1.165, 1.54) is 0 Å². The molecule has 5 heteroatoms. The highest BCUT2D eigenvalue weighted by atomic mass is 16.3. The number of hydrogen-bond donors (Lipinski definition) is 2. The first-order valence-electron chi connectivity index (χ1n) is 8.57. The van der Waals surface area contributed by atoms with E-state index in [0.29, 0.717) is 12.0 Å². The molecule has 2 aliphatic rings. The van der Waals surface area contributed by atoms with Gasteiger partial charge in [-0.15, -0.1) is 0 Å². The van der Waals surface area contributed by atoms with Crippen molar-refractivity contribution in [3.05, 3.63) is 71.3 Å². The highest BCUT2D eigenvalue weighted by Crippen LogP contribution is 2.40. The van der Waals surface area contributed by atoms with E-state index in [1.807, 2.05) is 42.5 Å². The molecule has 1 aliphatic heterocycles. The summed E-state index contributed by atoms with van der Waals surface area (Å²) in [5, 5.41) is 13.3. The van der Waals surface area contributed by atoms with Crippen molar-refractivity contribution in [3.63, 3.8) is 0 Å². The number of β-amino-alcohol motifs (C(OH)–C–C–N with tert-alkyl or cyclic N) is 1. The second-order valence-corrected chi connectivity index (χ2v) is 6.69. The van der Waals surface area contributed by atoms with Crippen LogP contribution in [0.3, 0.4) is 0 Å². The van der Waals surface area contributed by atoms with Crippen LogP contribution < -0.4 is 5.32 Å². The Morgan fingerprint density at radius 3 is 2.60 bits per heavy atom. The van der Waals surface area contributed by atoms with Crippen molar-refractivity contribution in [3.8, 4) is 0 Å². The van der Waals surface area contributed by atoms with Gasteiger partial charge in [-0.2, -0.15) is 0 Å². The minimum Gasteiger partial charge on any atom is -0.387 e. The smallest absolute Gasteiger partial charge is 0.325 e. The molecule has 0 aromatic heterocycles. The largest absolute Gasteiger partial charge is 0.387 e. The van der Waals surface area contributed by atoms with Crippen LogP contribution in [0.2, 0.25) is 0 Å². The number of carbonyl (C=O) groups excluding carboxylic acids is 2. The van der Waals surface area contributed by atoms with E-state index >= 15 is 0 Å². The Labute approximate surface area is 146 Å². The summed E-state index contributed by atoms with van der Waals surface area (Å²) in [7, 11) is 0. The van der Waals surface area contributed by atoms with Crippen molar-refractivity contribution >= 4 is 11.9 Å². The maximum absolute atomic E-state index is 13.2. The van der Waals surface area contributed by atoms with Gasteiger partial charge in [0.1, 0.15) is 5.54 Å². The number of urea groups is 1. The number of benzene rings is 2. The molecule has 2 N–H and O–H groups in total. The van der Waals surface area contributed by atoms with Crippen LogP contribution in [0.4, 0.5) is 4.79 Å². The molecule has 2 atom stereocenters. The lowest BCUT2D eigenvalue weighted by Crippen LogP contribution is -2.46. The van der Waals surface area contributed by atoms with Gasteiger partial charge in [-0.25, -0.2) is 4.79 Å². The average Bonchev–Trinajstić information content (AvgIpc) is 2.88. The Hall–Kier alpha value is -2.66. The number of aliphatic hydroxyl groups is 1. The fourth-order valence-corrected chi connectivity index (χ4v) is 3.93. The summed E-state index contributed by atoms with van der Waals surface area (Å²) in [5.41, 5.74) is 1.69. The number of aliphatic hydroxyl groups excluding tert-OH is 1. The first-order valence-corrected chi connectivity index (χ1v) is 8.57. The number of nitrogens with one attached hydrogen (secondary N) is 1. The third-order valence-electron chi connectivity index (χ3n) is 5.19. The quantitative estimate of drug-likeness (QED) is 0.846. The number of nitrogens with zero attached hydrogens (tertiary/aromatic N) is 1. The molecule has 25 heavy (non-hydrogen) atoms. The summed E-state index contributed by atoms with van der Waals surface area (Å²) in [6, 6.07) is 16.4. The highest BCUT2D eigenvalue weighted by Gasteiger charge is 2.54. The third-order valence-corrected chi connectivity index (χ3v) is 5.19. The molecule has 1 spiro atoms. The Bertz CT molecular complexity index is 821. The third kappa shape index (κ3) is 2.51. The van der Waals surface area contributed by atoms with Gasteiger partial charge in [0, 0.05) is 0 Å². The van der Waals surface area contributed by atoms with E-state index in [2.05, 4.69) is 5.32 Å². The summed E-state index contributed by atoms with van der Waals surface area (Å²) in [6.07, 6.45) is 1.45. The van der Waals surface area contributed by atoms with Gasteiger partial charge in [0.05, 0.1) is 12.6 Å². The molecule has 0 bridgehead atoms. The molecule has 2 aromatic rings. The van der Waals surface area contributed by atoms with Crippen molar-refractivity contribution in [2.45, 2.75) is 30.9 Å². The van der Waals surface area contributed by atoms with Gasteiger partial charge < -0.3 is 10.4 Å². The topological polar surface area (TPSA) is 69.6 Å². The van der Waals surface area contributed by atoms with Crippen LogP contribution in [0.1, 0.15) is 35.6 Å². The van der Waals surface area contributed by atoms with Crippen LogP contribution in [0, 0.1) is 0 Å². The molecule has 0 unspecified atom stereocenters. The molecule has 1 heterocycles. The molecule has 3 amide bonds. The molecular weight excluding hydrogens is 316 g/mol. The van der Waals surface area contributed by atoms with Crippen molar-refractivity contribution in [2.75, 3.05) is 6.54 Å². The number of imide groups is 1. The van der Waals surface area contributed by atoms with Crippen LogP contribution in [0.15, 0.2) is 54.6 Å². The summed E-state index contributed by atoms with van der Waals surface area (Å²) < 4.78 is 0. The Morgan fingerprint density at radius 2 is 1.80 bits per heavy atom. The van der Waals surface area contributed by atoms with Crippen LogP contribution in [0.5, 0.6) is 0 Å². The van der Waals surface area contributed by atoms with Crippen LogP contribution >= 0.6 is 0 Å². The van der Waals surface area contributed by atoms with E-state index in [1.54, 1.807) is 12.1 Å². The number of fused-ring (bicyclic) bond motifs is 2. The lowest BCUT2D eigenvalue weighted by Gasteiger charge is -2.33. The predicted molar refractivity (Wildman–Crippen MR) is 92.7 cm³/mol. The molecule has 1 aliphatic carbocycles. The van der Waals surface area contributed by atoms with E-state index in [0.717, 1.165) is 28.9 Å². The van der Waals surface area contributed by atoms with Gasteiger partial charge in [-0.05, 0) is 36.0 Å². The van der Waals surface area contributed by atoms with Gasteiger partial charge in [0.25, 0.3) is 5.91 Å². The monoisotopic (exact) mass is 336 g/mol. The molecule has 0 radical (unpaired) electrons. The first kappa shape index (κ1) is 15.8. The van der Waals surface area contributed by atoms with Crippen molar-refractivity contribution in [2.24, 2.45) is 0 Å². The molecule has 2 aromatic carbocycles. The average molecular weight is 336 g/mol. The zero-order valence-electron chi connectivity index (χ0n) is 13.8. The maximum Gasteiger partial charge on any atom is 0.325 e. The minimum atomic E-state index is -0.984. The molecule has 0 saturated carbocycles. The number of amides is 3. The SMILES string of the molecule is O=C1N[C@]2(CCCc3ccccc32)C(=O)N1C[C@@H](O)c1ccccc1. The Balaban J connectivity index is 1.63. The summed E-state index contributed by atoms with van der Waals surface area (Å²) in [4.78, 5) is 26.8.